The Balaban J connectivity index is 1.34. The molecule has 32 heavy (non-hydrogen) atoms. The van der Waals surface area contributed by atoms with Crippen molar-refractivity contribution in [3.05, 3.63) is 48.0 Å². The molecule has 1 aromatic carbocycles. The summed E-state index contributed by atoms with van der Waals surface area (Å²) in [5, 5.41) is 13.8. The van der Waals surface area contributed by atoms with Gasteiger partial charge in [-0.05, 0) is 44.7 Å². The molecule has 9 nitrogen and oxygen atoms in total. The number of ether oxygens (including phenoxy) is 3. The Hall–Kier alpha value is -2.59. The second-order valence-corrected chi connectivity index (χ2v) is 9.28. The minimum absolute atomic E-state index is 0.188. The molecule has 0 amide bonds. The van der Waals surface area contributed by atoms with Crippen LogP contribution in [0.25, 0.3) is 11.2 Å². The van der Waals surface area contributed by atoms with E-state index in [1.165, 1.54) is 17.5 Å². The van der Waals surface area contributed by atoms with E-state index in [-0.39, 0.29) is 18.2 Å². The van der Waals surface area contributed by atoms with Crippen LogP contribution in [0, 0.1) is 0 Å². The third-order valence-electron chi connectivity index (χ3n) is 6.62. The number of aromatic nitrogens is 4. The maximum absolute atomic E-state index is 10.3. The van der Waals surface area contributed by atoms with Gasteiger partial charge in [-0.15, -0.1) is 0 Å². The molecule has 2 aromatic heterocycles. The minimum atomic E-state index is -0.752. The van der Waals surface area contributed by atoms with Gasteiger partial charge in [-0.3, -0.25) is 4.57 Å². The first-order valence-corrected chi connectivity index (χ1v) is 11.1. The molecule has 9 heteroatoms. The molecular weight excluding hydrogens is 410 g/mol. The molecule has 1 aliphatic carbocycles. The Labute approximate surface area is 185 Å². The molecule has 0 bridgehead atoms. The van der Waals surface area contributed by atoms with Crippen molar-refractivity contribution in [3.63, 3.8) is 0 Å². The summed E-state index contributed by atoms with van der Waals surface area (Å²) in [5.41, 5.74) is 4.00. The molecule has 3 aromatic rings. The zero-order valence-corrected chi connectivity index (χ0v) is 18.3. The molecule has 0 spiro atoms. The van der Waals surface area contributed by atoms with Gasteiger partial charge in [-0.25, -0.2) is 15.0 Å². The lowest BCUT2D eigenvalue weighted by atomic mass is 10.1. The number of anilines is 1. The lowest BCUT2D eigenvalue weighted by Crippen LogP contribution is -2.36. The van der Waals surface area contributed by atoms with Crippen molar-refractivity contribution in [2.24, 2.45) is 0 Å². The second kappa shape index (κ2) is 7.21. The Morgan fingerprint density at radius 1 is 1.16 bits per heavy atom. The molecule has 6 atom stereocenters. The minimum Gasteiger partial charge on any atom is -0.391 e. The SMILES string of the molecule is C[C@@H](O)[C@H]1O[C@@H](n2cnc3c(N[C@H]4CCc5ccccc54)ncnc32)[C@@H]2OC(C)(C)O[C@@H]21. The average molecular weight is 438 g/mol. The molecule has 2 fully saturated rings. The van der Waals surface area contributed by atoms with Crippen LogP contribution in [0.2, 0.25) is 0 Å². The van der Waals surface area contributed by atoms with Gasteiger partial charge >= 0.3 is 0 Å². The van der Waals surface area contributed by atoms with Crippen LogP contribution in [0.5, 0.6) is 0 Å². The highest BCUT2D eigenvalue weighted by molar-refractivity contribution is 5.83. The zero-order valence-electron chi connectivity index (χ0n) is 18.3. The number of nitrogens with one attached hydrogen (secondary N) is 1. The van der Waals surface area contributed by atoms with E-state index in [2.05, 4.69) is 44.5 Å². The first-order valence-electron chi connectivity index (χ1n) is 11.1. The molecule has 3 aliphatic rings. The smallest absolute Gasteiger partial charge is 0.167 e. The number of aliphatic hydroxyl groups excluding tert-OH is 1. The summed E-state index contributed by atoms with van der Waals surface area (Å²) >= 11 is 0. The third kappa shape index (κ3) is 3.11. The Bertz CT molecular complexity index is 1160. The summed E-state index contributed by atoms with van der Waals surface area (Å²) in [7, 11) is 0. The Kier molecular flexibility index (Phi) is 4.52. The predicted octanol–water partition coefficient (Wildman–Crippen LogP) is 2.72. The van der Waals surface area contributed by atoms with E-state index >= 15 is 0 Å². The fourth-order valence-electron chi connectivity index (χ4n) is 5.24. The van der Waals surface area contributed by atoms with Gasteiger partial charge in [0.15, 0.2) is 29.0 Å². The molecule has 4 heterocycles. The van der Waals surface area contributed by atoms with Gasteiger partial charge in [0, 0.05) is 0 Å². The number of hydrogen-bond acceptors (Lipinski definition) is 8. The van der Waals surface area contributed by atoms with Crippen LogP contribution < -0.4 is 5.32 Å². The van der Waals surface area contributed by atoms with E-state index in [0.29, 0.717) is 17.0 Å². The van der Waals surface area contributed by atoms with E-state index < -0.39 is 24.2 Å². The number of aliphatic hydroxyl groups is 1. The van der Waals surface area contributed by atoms with Crippen LogP contribution >= 0.6 is 0 Å². The van der Waals surface area contributed by atoms with Crippen molar-refractivity contribution in [2.75, 3.05) is 5.32 Å². The number of fused-ring (bicyclic) bond motifs is 3. The number of hydrogen-bond donors (Lipinski definition) is 2. The van der Waals surface area contributed by atoms with Crippen LogP contribution in [0.4, 0.5) is 5.82 Å². The molecular formula is C23H27N5O4. The van der Waals surface area contributed by atoms with E-state index in [1.54, 1.807) is 13.3 Å². The van der Waals surface area contributed by atoms with Crippen molar-refractivity contribution in [2.45, 2.75) is 76.1 Å². The highest BCUT2D eigenvalue weighted by Crippen LogP contribution is 2.45. The second-order valence-electron chi connectivity index (χ2n) is 9.28. The number of nitrogens with zero attached hydrogens (tertiary/aromatic N) is 4. The lowest BCUT2D eigenvalue weighted by molar-refractivity contribution is -0.205. The largest absolute Gasteiger partial charge is 0.391 e. The molecule has 0 unspecified atom stereocenters. The van der Waals surface area contributed by atoms with E-state index in [1.807, 2.05) is 18.4 Å². The standard InChI is InChI=1S/C23H27N5O4/c1-12(29)17-18-19(32-23(2,3)31-18)22(30-17)28-11-26-16-20(24-10-25-21(16)28)27-15-9-8-13-6-4-5-7-14(13)15/h4-7,10-12,15,17-19,22,29H,8-9H2,1-3H3,(H,24,25,27)/t12-,15+,17-,18-,19-,22-/m1/s1. The number of aryl methyl sites for hydroxylation is 1. The van der Waals surface area contributed by atoms with Gasteiger partial charge in [0.25, 0.3) is 0 Å². The Morgan fingerprint density at radius 3 is 2.81 bits per heavy atom. The Morgan fingerprint density at radius 2 is 1.97 bits per heavy atom. The number of rotatable bonds is 4. The maximum Gasteiger partial charge on any atom is 0.167 e. The quantitative estimate of drug-likeness (QED) is 0.642. The van der Waals surface area contributed by atoms with Crippen molar-refractivity contribution in [1.29, 1.82) is 0 Å². The topological polar surface area (TPSA) is 104 Å². The molecule has 6 rings (SSSR count). The highest BCUT2D eigenvalue weighted by Gasteiger charge is 2.57. The molecule has 168 valence electrons. The van der Waals surface area contributed by atoms with Crippen LogP contribution in [-0.4, -0.2) is 54.8 Å². The van der Waals surface area contributed by atoms with E-state index in [0.717, 1.165) is 12.8 Å². The lowest BCUT2D eigenvalue weighted by Gasteiger charge is -2.25. The van der Waals surface area contributed by atoms with Gasteiger partial charge in [0.1, 0.15) is 24.6 Å². The first-order chi connectivity index (χ1) is 15.4. The molecule has 0 radical (unpaired) electrons. The number of imidazole rings is 1. The summed E-state index contributed by atoms with van der Waals surface area (Å²) < 4.78 is 20.3. The highest BCUT2D eigenvalue weighted by atomic mass is 16.8. The summed E-state index contributed by atoms with van der Waals surface area (Å²) in [6.07, 6.45) is 2.83. The maximum atomic E-state index is 10.3. The van der Waals surface area contributed by atoms with Crippen molar-refractivity contribution in [1.82, 2.24) is 19.5 Å². The van der Waals surface area contributed by atoms with Crippen molar-refractivity contribution in [3.8, 4) is 0 Å². The van der Waals surface area contributed by atoms with Gasteiger partial charge < -0.3 is 24.6 Å². The van der Waals surface area contributed by atoms with E-state index in [9.17, 15) is 5.11 Å². The fraction of sp³-hybridized carbons (Fsp3) is 0.522. The summed E-state index contributed by atoms with van der Waals surface area (Å²) in [6, 6.07) is 8.68. The van der Waals surface area contributed by atoms with Gasteiger partial charge in [-0.1, -0.05) is 24.3 Å². The van der Waals surface area contributed by atoms with Crippen molar-refractivity contribution < 1.29 is 19.3 Å². The fourth-order valence-corrected chi connectivity index (χ4v) is 5.24. The van der Waals surface area contributed by atoms with Gasteiger partial charge in [0.05, 0.1) is 18.5 Å². The normalized spacial score (nSPS) is 31.6. The first kappa shape index (κ1) is 20.0. The summed E-state index contributed by atoms with van der Waals surface area (Å²) in [5.74, 6) is -0.0562. The molecule has 0 saturated carbocycles. The van der Waals surface area contributed by atoms with Crippen LogP contribution in [0.3, 0.4) is 0 Å². The summed E-state index contributed by atoms with van der Waals surface area (Å²) in [6.45, 7) is 5.45. The molecule has 2 aliphatic heterocycles. The van der Waals surface area contributed by atoms with Crippen LogP contribution in [-0.2, 0) is 20.6 Å². The van der Waals surface area contributed by atoms with E-state index in [4.69, 9.17) is 14.2 Å². The monoisotopic (exact) mass is 437 g/mol. The molecule has 2 saturated heterocycles. The van der Waals surface area contributed by atoms with Crippen LogP contribution in [0.15, 0.2) is 36.9 Å². The zero-order chi connectivity index (χ0) is 22.0. The van der Waals surface area contributed by atoms with Gasteiger partial charge in [0.2, 0.25) is 0 Å². The predicted molar refractivity (Wildman–Crippen MR) is 116 cm³/mol. The van der Waals surface area contributed by atoms with Crippen LogP contribution in [0.1, 0.15) is 50.6 Å². The molecule has 2 N–H and O–H groups in total. The third-order valence-corrected chi connectivity index (χ3v) is 6.62. The van der Waals surface area contributed by atoms with Gasteiger partial charge in [-0.2, -0.15) is 0 Å². The number of benzene rings is 1. The summed E-state index contributed by atoms with van der Waals surface area (Å²) in [4.78, 5) is 13.6. The van der Waals surface area contributed by atoms with Crippen molar-refractivity contribution >= 4 is 17.0 Å². The average Bonchev–Trinajstić information content (AvgIpc) is 3.50.